The Bertz CT molecular complexity index is 861. The number of carbonyl (C=O) groups is 1. The van der Waals surface area contributed by atoms with Crippen LogP contribution in [-0.4, -0.2) is 14.3 Å². The van der Waals surface area contributed by atoms with Gasteiger partial charge in [-0.2, -0.15) is 0 Å². The van der Waals surface area contributed by atoms with Crippen LogP contribution in [0.5, 0.6) is 0 Å². The Balaban J connectivity index is 2.53. The van der Waals surface area contributed by atoms with E-state index in [4.69, 9.17) is 5.73 Å². The average molecular weight is 332 g/mol. The molecular formula is C17H20N2O3S. The van der Waals surface area contributed by atoms with Crippen molar-refractivity contribution in [2.45, 2.75) is 32.6 Å². The minimum absolute atomic E-state index is 0.249. The number of hydrogen-bond acceptors (Lipinski definition) is 3. The second-order valence-corrected chi connectivity index (χ2v) is 7.26. The molecule has 2 rings (SSSR count). The van der Waals surface area contributed by atoms with Crippen LogP contribution in [0.25, 0.3) is 0 Å². The number of primary amides is 1. The number of anilines is 1. The summed E-state index contributed by atoms with van der Waals surface area (Å²) in [4.78, 5) is 11.5. The third-order valence-corrected chi connectivity index (χ3v) is 5.62. The summed E-state index contributed by atoms with van der Waals surface area (Å²) < 4.78 is 28.1. The van der Waals surface area contributed by atoms with Crippen LogP contribution in [0, 0.1) is 27.7 Å². The predicted octanol–water partition coefficient (Wildman–Crippen LogP) is 2.82. The number of carbonyl (C=O) groups excluding carboxylic acids is 1. The van der Waals surface area contributed by atoms with Gasteiger partial charge < -0.3 is 5.73 Å². The number of benzene rings is 2. The normalized spacial score (nSPS) is 11.3. The second-order valence-electron chi connectivity index (χ2n) is 5.64. The van der Waals surface area contributed by atoms with Crippen LogP contribution in [-0.2, 0) is 10.0 Å². The van der Waals surface area contributed by atoms with Crippen LogP contribution in [0.3, 0.4) is 0 Å². The van der Waals surface area contributed by atoms with Crippen molar-refractivity contribution in [3.63, 3.8) is 0 Å². The molecular weight excluding hydrogens is 312 g/mol. The van der Waals surface area contributed by atoms with E-state index in [-0.39, 0.29) is 10.5 Å². The number of nitrogens with two attached hydrogens (primary N) is 1. The standard InChI is InChI=1S/C17H20N2O3S/c1-10-8-11(2)13(4)16(12(10)3)23(21,22)19-15-7-5-6-14(9-15)17(18)20/h5-9,19H,1-4H3,(H2,18,20). The molecule has 0 unspecified atom stereocenters. The van der Waals surface area contributed by atoms with Gasteiger partial charge >= 0.3 is 0 Å². The van der Waals surface area contributed by atoms with Gasteiger partial charge in [-0.1, -0.05) is 12.1 Å². The van der Waals surface area contributed by atoms with Gasteiger partial charge in [-0.05, 0) is 68.1 Å². The van der Waals surface area contributed by atoms with E-state index in [1.54, 1.807) is 26.0 Å². The first-order chi connectivity index (χ1) is 10.6. The molecule has 0 heterocycles. The van der Waals surface area contributed by atoms with E-state index in [2.05, 4.69) is 4.72 Å². The van der Waals surface area contributed by atoms with Gasteiger partial charge in [0.05, 0.1) is 4.90 Å². The van der Waals surface area contributed by atoms with Gasteiger partial charge in [0.2, 0.25) is 5.91 Å². The molecule has 2 aromatic carbocycles. The topological polar surface area (TPSA) is 89.3 Å². The molecule has 0 radical (unpaired) electrons. The lowest BCUT2D eigenvalue weighted by atomic mass is 10.0. The molecule has 6 heteroatoms. The monoisotopic (exact) mass is 332 g/mol. The first kappa shape index (κ1) is 17.0. The smallest absolute Gasteiger partial charge is 0.262 e. The molecule has 3 N–H and O–H groups in total. The molecule has 1 amide bonds. The maximum Gasteiger partial charge on any atom is 0.262 e. The Hall–Kier alpha value is -2.34. The van der Waals surface area contributed by atoms with Gasteiger partial charge in [-0.15, -0.1) is 0 Å². The van der Waals surface area contributed by atoms with Gasteiger partial charge in [0, 0.05) is 11.3 Å². The molecule has 0 aliphatic heterocycles. The van der Waals surface area contributed by atoms with Crippen molar-refractivity contribution in [2.24, 2.45) is 5.73 Å². The van der Waals surface area contributed by atoms with Crippen LogP contribution in [0.4, 0.5) is 5.69 Å². The van der Waals surface area contributed by atoms with Gasteiger partial charge in [-0.3, -0.25) is 9.52 Å². The van der Waals surface area contributed by atoms with Crippen molar-refractivity contribution in [1.82, 2.24) is 0 Å². The molecule has 0 aliphatic carbocycles. The first-order valence-electron chi connectivity index (χ1n) is 7.13. The number of hydrogen-bond donors (Lipinski definition) is 2. The number of sulfonamides is 1. The molecule has 0 bridgehead atoms. The molecule has 2 aromatic rings. The minimum Gasteiger partial charge on any atom is -0.366 e. The number of nitrogens with one attached hydrogen (secondary N) is 1. The van der Waals surface area contributed by atoms with Gasteiger partial charge in [-0.25, -0.2) is 8.42 Å². The van der Waals surface area contributed by atoms with Crippen LogP contribution in [0.1, 0.15) is 32.6 Å². The summed E-state index contributed by atoms with van der Waals surface area (Å²) in [6.07, 6.45) is 0. The van der Waals surface area contributed by atoms with E-state index in [1.165, 1.54) is 12.1 Å². The maximum absolute atomic E-state index is 12.8. The average Bonchev–Trinajstić information content (AvgIpc) is 2.45. The summed E-state index contributed by atoms with van der Waals surface area (Å²) >= 11 is 0. The number of amides is 1. The fraction of sp³-hybridized carbons (Fsp3) is 0.235. The minimum atomic E-state index is -3.76. The molecule has 0 saturated carbocycles. The Kier molecular flexibility index (Phi) is 4.47. The van der Waals surface area contributed by atoms with E-state index in [9.17, 15) is 13.2 Å². The predicted molar refractivity (Wildman–Crippen MR) is 91.2 cm³/mol. The molecule has 0 aliphatic rings. The largest absolute Gasteiger partial charge is 0.366 e. The van der Waals surface area contributed by atoms with E-state index in [1.807, 2.05) is 19.9 Å². The summed E-state index contributed by atoms with van der Waals surface area (Å²) in [5, 5.41) is 0. The Morgan fingerprint density at radius 3 is 2.09 bits per heavy atom. The van der Waals surface area contributed by atoms with Crippen molar-refractivity contribution in [3.05, 3.63) is 58.1 Å². The fourth-order valence-electron chi connectivity index (χ4n) is 2.53. The van der Waals surface area contributed by atoms with E-state index in [0.29, 0.717) is 16.8 Å². The second kappa shape index (κ2) is 6.04. The van der Waals surface area contributed by atoms with Crippen LogP contribution >= 0.6 is 0 Å². The highest BCUT2D eigenvalue weighted by molar-refractivity contribution is 7.92. The zero-order chi connectivity index (χ0) is 17.4. The third-order valence-electron chi connectivity index (χ3n) is 3.97. The molecule has 0 fully saturated rings. The molecule has 0 spiro atoms. The summed E-state index contributed by atoms with van der Waals surface area (Å²) in [5.41, 5.74) is 9.04. The maximum atomic E-state index is 12.8. The summed E-state index contributed by atoms with van der Waals surface area (Å²) in [6, 6.07) is 8.09. The first-order valence-corrected chi connectivity index (χ1v) is 8.62. The lowest BCUT2D eigenvalue weighted by Crippen LogP contribution is -2.18. The van der Waals surface area contributed by atoms with Crippen molar-refractivity contribution < 1.29 is 13.2 Å². The molecule has 0 atom stereocenters. The van der Waals surface area contributed by atoms with Crippen molar-refractivity contribution >= 4 is 21.6 Å². The van der Waals surface area contributed by atoms with Crippen LogP contribution in [0.15, 0.2) is 35.2 Å². The third kappa shape index (κ3) is 3.37. The van der Waals surface area contributed by atoms with E-state index < -0.39 is 15.9 Å². The highest BCUT2D eigenvalue weighted by atomic mass is 32.2. The quantitative estimate of drug-likeness (QED) is 0.902. The van der Waals surface area contributed by atoms with E-state index in [0.717, 1.165) is 11.1 Å². The summed E-state index contributed by atoms with van der Waals surface area (Å²) in [6.45, 7) is 7.34. The Morgan fingerprint density at radius 2 is 1.57 bits per heavy atom. The van der Waals surface area contributed by atoms with Gasteiger partial charge in [0.15, 0.2) is 0 Å². The number of aryl methyl sites for hydroxylation is 2. The molecule has 122 valence electrons. The Morgan fingerprint density at radius 1 is 1.00 bits per heavy atom. The molecule has 0 aromatic heterocycles. The number of rotatable bonds is 4. The summed E-state index contributed by atoms with van der Waals surface area (Å²) in [5.74, 6) is -0.607. The van der Waals surface area contributed by atoms with Crippen molar-refractivity contribution in [3.8, 4) is 0 Å². The zero-order valence-corrected chi connectivity index (χ0v) is 14.4. The lowest BCUT2D eigenvalue weighted by Gasteiger charge is -2.17. The zero-order valence-electron chi connectivity index (χ0n) is 13.6. The van der Waals surface area contributed by atoms with Crippen LogP contribution < -0.4 is 10.5 Å². The lowest BCUT2D eigenvalue weighted by molar-refractivity contribution is 0.100. The van der Waals surface area contributed by atoms with Gasteiger partial charge in [0.25, 0.3) is 10.0 Å². The highest BCUT2D eigenvalue weighted by Gasteiger charge is 2.22. The highest BCUT2D eigenvalue weighted by Crippen LogP contribution is 2.28. The van der Waals surface area contributed by atoms with Gasteiger partial charge in [0.1, 0.15) is 0 Å². The molecule has 5 nitrogen and oxygen atoms in total. The fourth-order valence-corrected chi connectivity index (χ4v) is 4.19. The van der Waals surface area contributed by atoms with Crippen molar-refractivity contribution in [2.75, 3.05) is 4.72 Å². The Labute approximate surface area is 136 Å². The van der Waals surface area contributed by atoms with Crippen molar-refractivity contribution in [1.29, 1.82) is 0 Å². The molecule has 23 heavy (non-hydrogen) atoms. The van der Waals surface area contributed by atoms with E-state index >= 15 is 0 Å². The SMILES string of the molecule is Cc1cc(C)c(C)c(S(=O)(=O)Nc2cccc(C(N)=O)c2)c1C. The summed E-state index contributed by atoms with van der Waals surface area (Å²) in [7, 11) is -3.76. The molecule has 0 saturated heterocycles. The van der Waals surface area contributed by atoms with Crippen LogP contribution in [0.2, 0.25) is 0 Å².